The number of hydrogen-bond donors (Lipinski definition) is 2. The molecule has 0 aliphatic rings. The van der Waals surface area contributed by atoms with Gasteiger partial charge < -0.3 is 0 Å². The first-order valence-electron chi connectivity index (χ1n) is 10.1. The smallest absolute Gasteiger partial charge is 0.290 e. The Morgan fingerprint density at radius 3 is 1.94 bits per heavy atom. The van der Waals surface area contributed by atoms with E-state index in [1.165, 1.54) is 0 Å². The number of fused-ring (bicyclic) bond motifs is 2. The molecule has 2 N–H and O–H groups in total. The van der Waals surface area contributed by atoms with Crippen molar-refractivity contribution in [3.8, 4) is 0 Å². The molecule has 4 heterocycles. The maximum absolute atomic E-state index is 11.4. The Labute approximate surface area is 223 Å². The minimum atomic E-state index is -3.22. The zero-order valence-electron chi connectivity index (χ0n) is 19.0. The summed E-state index contributed by atoms with van der Waals surface area (Å²) in [6.45, 7) is 9.89. The van der Waals surface area contributed by atoms with Gasteiger partial charge in [-0.15, -0.1) is 0 Å². The van der Waals surface area contributed by atoms with Crippen molar-refractivity contribution in [2.75, 3.05) is 0 Å². The van der Waals surface area contributed by atoms with Gasteiger partial charge in [0.2, 0.25) is 5.28 Å². The number of nitrogens with zero attached hydrogens (tertiary/aromatic N) is 6. The van der Waals surface area contributed by atoms with Gasteiger partial charge in [0.15, 0.2) is 11.3 Å². The molecule has 0 fully saturated rings. The molecule has 0 aliphatic carbocycles. The molecule has 0 amide bonds. The fourth-order valence-electron chi connectivity index (χ4n) is 2.82. The van der Waals surface area contributed by atoms with Gasteiger partial charge in [-0.25, -0.2) is 9.78 Å². The van der Waals surface area contributed by atoms with Gasteiger partial charge in [-0.3, -0.25) is 28.7 Å². The van der Waals surface area contributed by atoms with Gasteiger partial charge in [0.05, 0.1) is 5.39 Å². The molecule has 0 spiro atoms. The molecule has 11 nitrogen and oxygen atoms in total. The lowest BCUT2D eigenvalue weighted by Crippen LogP contribution is -2.21. The van der Waals surface area contributed by atoms with Gasteiger partial charge in [-0.05, 0) is 57.2 Å². The van der Waals surface area contributed by atoms with Crippen LogP contribution in [0.4, 0.5) is 0 Å². The van der Waals surface area contributed by atoms with Gasteiger partial charge >= 0.3 is 10.9 Å². The SMILES string of the molecule is CC(C)Cn1cc2c(=O)[nH]c(=O)[nH]c2n1.CC(C)Cn1cc2c(Cl)nc(Cl)nc2n1.O=P(Cl)(Cl)Cl. The predicted octanol–water partition coefficient (Wildman–Crippen LogP) is 5.67. The average Bonchev–Trinajstić information content (AvgIpc) is 3.23. The second-order valence-corrected chi connectivity index (χ2v) is 15.4. The molecule has 0 atom stereocenters. The lowest BCUT2D eigenvalue weighted by atomic mass is 10.2. The lowest BCUT2D eigenvalue weighted by Gasteiger charge is -2.02. The first-order valence-corrected chi connectivity index (χ1v) is 15.2. The predicted molar refractivity (Wildman–Crippen MR) is 141 cm³/mol. The number of hydrogen-bond acceptors (Lipinski definition) is 7. The van der Waals surface area contributed by atoms with Crippen LogP contribution in [0.25, 0.3) is 22.1 Å². The normalized spacial score (nSPS) is 11.5. The molecular formula is C18H22Cl5N8O3P. The van der Waals surface area contributed by atoms with E-state index in [2.05, 4.69) is 91.6 Å². The standard InChI is InChI=1S/C9H10Cl2N4.C9H12N4O2.Cl3OP/c1-5(2)3-15-4-6-7(10)12-9(11)13-8(6)14-15;1-5(2)3-13-4-6-7(12-13)10-9(15)11-8(6)14;1-5(2,3)4/h4-5H,3H2,1-2H3;4-5H,3H2,1-2H3,(H2,10,11,12,14,15);. The molecule has 17 heteroatoms. The summed E-state index contributed by atoms with van der Waals surface area (Å²) in [5.74, 6) is 0.951. The largest absolute Gasteiger partial charge is 0.339 e. The fraction of sp³-hybridized carbons (Fsp3) is 0.444. The highest BCUT2D eigenvalue weighted by atomic mass is 36.0. The first-order chi connectivity index (χ1) is 16.1. The first kappa shape index (κ1) is 29.6. The van der Waals surface area contributed by atoms with Crippen LogP contribution in [-0.4, -0.2) is 39.5 Å². The molecule has 0 saturated heterocycles. The van der Waals surface area contributed by atoms with Crippen LogP contribution in [0.1, 0.15) is 27.7 Å². The van der Waals surface area contributed by atoms with Crippen LogP contribution in [0.5, 0.6) is 0 Å². The Bertz CT molecular complexity index is 1450. The molecule has 0 aliphatic heterocycles. The third kappa shape index (κ3) is 10.1. The van der Waals surface area contributed by atoms with Crippen LogP contribution in [0.15, 0.2) is 22.0 Å². The van der Waals surface area contributed by atoms with E-state index in [1.807, 2.05) is 10.9 Å². The van der Waals surface area contributed by atoms with Crippen LogP contribution >= 0.6 is 62.1 Å². The van der Waals surface area contributed by atoms with Crippen LogP contribution in [0, 0.1) is 11.8 Å². The van der Waals surface area contributed by atoms with Crippen molar-refractivity contribution in [1.29, 1.82) is 0 Å². The van der Waals surface area contributed by atoms with Crippen molar-refractivity contribution in [2.45, 2.75) is 40.8 Å². The summed E-state index contributed by atoms with van der Waals surface area (Å²) in [7, 11) is 0. The zero-order valence-corrected chi connectivity index (χ0v) is 23.6. The second kappa shape index (κ2) is 12.6. The topological polar surface area (TPSA) is 144 Å². The van der Waals surface area contributed by atoms with E-state index in [9.17, 15) is 14.2 Å². The monoisotopic (exact) mass is 604 g/mol. The van der Waals surface area contributed by atoms with Crippen molar-refractivity contribution in [3.05, 3.63) is 43.7 Å². The Kier molecular flexibility index (Phi) is 10.6. The summed E-state index contributed by atoms with van der Waals surface area (Å²) in [4.78, 5) is 34.8. The van der Waals surface area contributed by atoms with Gasteiger partial charge in [0, 0.05) is 25.5 Å². The van der Waals surface area contributed by atoms with Crippen molar-refractivity contribution in [2.24, 2.45) is 11.8 Å². The molecule has 4 aromatic rings. The van der Waals surface area contributed by atoms with Crippen LogP contribution < -0.4 is 11.2 Å². The third-order valence-corrected chi connectivity index (χ3v) is 4.38. The maximum Gasteiger partial charge on any atom is 0.339 e. The molecule has 0 saturated carbocycles. The summed E-state index contributed by atoms with van der Waals surface area (Å²) in [6, 6.07) is 0. The van der Waals surface area contributed by atoms with E-state index >= 15 is 0 Å². The zero-order chi connectivity index (χ0) is 26.5. The summed E-state index contributed by atoms with van der Waals surface area (Å²) in [5.41, 5.74) is -0.0453. The van der Waals surface area contributed by atoms with Crippen LogP contribution in [0.2, 0.25) is 10.4 Å². The molecule has 192 valence electrons. The Balaban J connectivity index is 0.000000208. The van der Waals surface area contributed by atoms with E-state index in [-0.39, 0.29) is 5.28 Å². The van der Waals surface area contributed by atoms with Crippen molar-refractivity contribution in [3.63, 3.8) is 0 Å². The second-order valence-electron chi connectivity index (χ2n) is 8.08. The van der Waals surface area contributed by atoms with E-state index in [0.717, 1.165) is 18.5 Å². The van der Waals surface area contributed by atoms with E-state index in [4.69, 9.17) is 23.2 Å². The summed E-state index contributed by atoms with van der Waals surface area (Å²) in [6.07, 6.45) is 3.48. The van der Waals surface area contributed by atoms with Crippen molar-refractivity contribution in [1.82, 2.24) is 39.5 Å². The molecule has 0 bridgehead atoms. The fourth-order valence-corrected chi connectivity index (χ4v) is 3.24. The number of aromatic amines is 2. The number of rotatable bonds is 4. The Morgan fingerprint density at radius 1 is 0.886 bits per heavy atom. The molecule has 35 heavy (non-hydrogen) atoms. The summed E-state index contributed by atoms with van der Waals surface area (Å²) >= 11 is 25.5. The Morgan fingerprint density at radius 2 is 1.40 bits per heavy atom. The van der Waals surface area contributed by atoms with Crippen LogP contribution in [-0.2, 0) is 17.7 Å². The van der Waals surface area contributed by atoms with Crippen LogP contribution in [0.3, 0.4) is 0 Å². The quantitative estimate of drug-likeness (QED) is 0.173. The Hall–Kier alpha value is -1.62. The van der Waals surface area contributed by atoms with Gasteiger partial charge in [0.25, 0.3) is 5.56 Å². The van der Waals surface area contributed by atoms with Crippen molar-refractivity contribution >= 4 is 84.2 Å². The highest BCUT2D eigenvalue weighted by Gasteiger charge is 2.10. The van der Waals surface area contributed by atoms with E-state index in [0.29, 0.717) is 33.7 Å². The molecule has 0 unspecified atom stereocenters. The van der Waals surface area contributed by atoms with Gasteiger partial charge in [0.1, 0.15) is 10.5 Å². The number of H-pyrrole nitrogens is 2. The highest BCUT2D eigenvalue weighted by molar-refractivity contribution is 8.24. The molecule has 4 rings (SSSR count). The molecule has 0 radical (unpaired) electrons. The average molecular weight is 607 g/mol. The lowest BCUT2D eigenvalue weighted by molar-refractivity contribution is 0.485. The molecular weight excluding hydrogens is 584 g/mol. The summed E-state index contributed by atoms with van der Waals surface area (Å²) in [5, 5.41) is 6.79. The highest BCUT2D eigenvalue weighted by Crippen LogP contribution is 2.61. The minimum absolute atomic E-state index is 0.127. The third-order valence-electron chi connectivity index (χ3n) is 3.92. The molecule has 0 aromatic carbocycles. The van der Waals surface area contributed by atoms with Crippen molar-refractivity contribution < 1.29 is 4.57 Å². The molecule has 4 aromatic heterocycles. The van der Waals surface area contributed by atoms with Gasteiger partial charge in [-0.1, -0.05) is 39.3 Å². The maximum atomic E-state index is 11.4. The number of nitrogens with one attached hydrogen (secondary N) is 2. The van der Waals surface area contributed by atoms with Gasteiger partial charge in [-0.2, -0.15) is 15.2 Å². The number of halogens is 5. The summed E-state index contributed by atoms with van der Waals surface area (Å²) < 4.78 is 13.0. The van der Waals surface area contributed by atoms with E-state index < -0.39 is 16.4 Å². The minimum Gasteiger partial charge on any atom is -0.290 e. The number of aromatic nitrogens is 8. The van der Waals surface area contributed by atoms with E-state index in [1.54, 1.807) is 10.9 Å².